The number of hydrogen-bond acceptors (Lipinski definition) is 7. The molecule has 0 spiro atoms. The van der Waals surface area contributed by atoms with Crippen LogP contribution in [-0.2, 0) is 9.53 Å². The normalized spacial score (nSPS) is 11.0. The van der Waals surface area contributed by atoms with Gasteiger partial charge in [0.05, 0.1) is 30.5 Å². The van der Waals surface area contributed by atoms with Gasteiger partial charge in [-0.2, -0.15) is 0 Å². The first-order chi connectivity index (χ1) is 15.5. The smallest absolute Gasteiger partial charge is 0.316 e. The number of carbonyl (C=O) groups is 1. The van der Waals surface area contributed by atoms with E-state index in [-0.39, 0.29) is 17.9 Å². The number of aromatic nitrogens is 2. The fraction of sp³-hybridized carbons (Fsp3) is 0.174. The maximum absolute atomic E-state index is 14.0. The minimum Gasteiger partial charge on any atom is -0.497 e. The molecule has 0 saturated carbocycles. The van der Waals surface area contributed by atoms with Crippen LogP contribution in [0.3, 0.4) is 0 Å². The van der Waals surface area contributed by atoms with E-state index in [1.54, 1.807) is 20.1 Å². The molecule has 2 heterocycles. The summed E-state index contributed by atoms with van der Waals surface area (Å²) in [7, 11) is 1.59. The quantitative estimate of drug-likeness (QED) is 0.217. The average Bonchev–Trinajstić information content (AvgIpc) is 3.22. The van der Waals surface area contributed by atoms with E-state index in [9.17, 15) is 14.0 Å². The Morgan fingerprint density at radius 2 is 2.00 bits per heavy atom. The standard InChI is InChI=1S/C23H19FN2O4S2/c1-3-30-19(27)13-32-23-25-21-20(22(28)26(23)16-6-4-5-15(24)11-16)18(12-31-21)14-7-9-17(29-2)10-8-14/h4-12H,3,13H2,1-2H3. The Hall–Kier alpha value is -3.17. The predicted octanol–water partition coefficient (Wildman–Crippen LogP) is 4.92. The van der Waals surface area contributed by atoms with Crippen LogP contribution in [0.5, 0.6) is 5.75 Å². The third-order valence-corrected chi connectivity index (χ3v) is 6.45. The van der Waals surface area contributed by atoms with E-state index >= 15 is 0 Å². The van der Waals surface area contributed by atoms with Crippen molar-refractivity contribution < 1.29 is 18.7 Å². The summed E-state index contributed by atoms with van der Waals surface area (Å²) in [5.74, 6) is -0.196. The lowest BCUT2D eigenvalue weighted by atomic mass is 10.1. The van der Waals surface area contributed by atoms with Gasteiger partial charge in [-0.15, -0.1) is 11.3 Å². The van der Waals surface area contributed by atoms with Crippen LogP contribution >= 0.6 is 23.1 Å². The van der Waals surface area contributed by atoms with Gasteiger partial charge >= 0.3 is 5.97 Å². The molecule has 0 bridgehead atoms. The summed E-state index contributed by atoms with van der Waals surface area (Å²) in [4.78, 5) is 30.7. The van der Waals surface area contributed by atoms with Crippen molar-refractivity contribution in [2.24, 2.45) is 0 Å². The molecule has 4 aromatic rings. The van der Waals surface area contributed by atoms with Gasteiger partial charge in [0.1, 0.15) is 16.4 Å². The molecule has 9 heteroatoms. The van der Waals surface area contributed by atoms with E-state index in [0.717, 1.165) is 22.9 Å². The molecule has 0 atom stereocenters. The van der Waals surface area contributed by atoms with Crippen LogP contribution < -0.4 is 10.3 Å². The molecular formula is C23H19FN2O4S2. The molecule has 0 fully saturated rings. The minimum absolute atomic E-state index is 0.0161. The van der Waals surface area contributed by atoms with Gasteiger partial charge in [-0.25, -0.2) is 9.37 Å². The van der Waals surface area contributed by atoms with Crippen LogP contribution in [-0.4, -0.2) is 35.0 Å². The van der Waals surface area contributed by atoms with Gasteiger partial charge < -0.3 is 9.47 Å². The van der Waals surface area contributed by atoms with E-state index < -0.39 is 11.8 Å². The van der Waals surface area contributed by atoms with E-state index in [4.69, 9.17) is 9.47 Å². The zero-order chi connectivity index (χ0) is 22.7. The van der Waals surface area contributed by atoms with Crippen molar-refractivity contribution in [3.05, 3.63) is 70.1 Å². The van der Waals surface area contributed by atoms with Gasteiger partial charge in [0, 0.05) is 10.9 Å². The third-order valence-electron chi connectivity index (χ3n) is 4.67. The number of esters is 1. The Bertz CT molecular complexity index is 1330. The van der Waals surface area contributed by atoms with Crippen LogP contribution in [0, 0.1) is 5.82 Å². The van der Waals surface area contributed by atoms with Crippen LogP contribution in [0.1, 0.15) is 6.92 Å². The van der Waals surface area contributed by atoms with Gasteiger partial charge in [-0.05, 0) is 42.8 Å². The lowest BCUT2D eigenvalue weighted by Crippen LogP contribution is -2.22. The highest BCUT2D eigenvalue weighted by Crippen LogP contribution is 2.33. The molecule has 0 N–H and O–H groups in total. The van der Waals surface area contributed by atoms with Crippen LogP contribution in [0.25, 0.3) is 27.0 Å². The number of nitrogens with zero attached hydrogens (tertiary/aromatic N) is 2. The van der Waals surface area contributed by atoms with Crippen molar-refractivity contribution in [1.29, 1.82) is 0 Å². The fourth-order valence-electron chi connectivity index (χ4n) is 3.22. The van der Waals surface area contributed by atoms with Crippen LogP contribution in [0.4, 0.5) is 4.39 Å². The number of halogens is 1. The fourth-order valence-corrected chi connectivity index (χ4v) is 5.02. The van der Waals surface area contributed by atoms with Crippen molar-refractivity contribution in [1.82, 2.24) is 9.55 Å². The topological polar surface area (TPSA) is 70.4 Å². The average molecular weight is 471 g/mol. The number of hydrogen-bond donors (Lipinski definition) is 0. The number of rotatable bonds is 7. The summed E-state index contributed by atoms with van der Waals surface area (Å²) in [6.07, 6.45) is 0. The van der Waals surface area contributed by atoms with Crippen molar-refractivity contribution >= 4 is 39.3 Å². The first-order valence-corrected chi connectivity index (χ1v) is 11.6. The number of fused-ring (bicyclic) bond motifs is 1. The number of thioether (sulfide) groups is 1. The highest BCUT2D eigenvalue weighted by atomic mass is 32.2. The van der Waals surface area contributed by atoms with Crippen molar-refractivity contribution in [2.75, 3.05) is 19.5 Å². The van der Waals surface area contributed by atoms with Crippen LogP contribution in [0.2, 0.25) is 0 Å². The molecular weight excluding hydrogens is 451 g/mol. The maximum atomic E-state index is 14.0. The lowest BCUT2D eigenvalue weighted by molar-refractivity contribution is -0.139. The summed E-state index contributed by atoms with van der Waals surface area (Å²) in [5, 5.41) is 2.60. The maximum Gasteiger partial charge on any atom is 0.316 e. The number of thiophene rings is 1. The Kier molecular flexibility index (Phi) is 6.57. The molecule has 2 aromatic carbocycles. The van der Waals surface area contributed by atoms with Crippen molar-refractivity contribution in [3.8, 4) is 22.6 Å². The molecule has 0 aliphatic rings. The SMILES string of the molecule is CCOC(=O)CSc1nc2scc(-c3ccc(OC)cc3)c2c(=O)n1-c1cccc(F)c1. The number of carbonyl (C=O) groups excluding carboxylic acids is 1. The summed E-state index contributed by atoms with van der Waals surface area (Å²) < 4.78 is 25.5. The van der Waals surface area contributed by atoms with Gasteiger partial charge in [-0.3, -0.25) is 14.2 Å². The zero-order valence-corrected chi connectivity index (χ0v) is 19.0. The van der Waals surface area contributed by atoms with Crippen molar-refractivity contribution in [3.63, 3.8) is 0 Å². The number of benzene rings is 2. The van der Waals surface area contributed by atoms with E-state index in [1.807, 2.05) is 29.6 Å². The van der Waals surface area contributed by atoms with Gasteiger partial charge in [0.25, 0.3) is 5.56 Å². The van der Waals surface area contributed by atoms with Gasteiger partial charge in [-0.1, -0.05) is 30.0 Å². The molecule has 0 radical (unpaired) electrons. The second kappa shape index (κ2) is 9.54. The number of ether oxygens (including phenoxy) is 2. The lowest BCUT2D eigenvalue weighted by Gasteiger charge is -2.12. The summed E-state index contributed by atoms with van der Waals surface area (Å²) in [6, 6.07) is 13.1. The Labute approximate surface area is 191 Å². The molecule has 32 heavy (non-hydrogen) atoms. The summed E-state index contributed by atoms with van der Waals surface area (Å²) in [5.41, 5.74) is 1.58. The predicted molar refractivity (Wildman–Crippen MR) is 125 cm³/mol. The first kappa shape index (κ1) is 22.0. The molecule has 6 nitrogen and oxygen atoms in total. The van der Waals surface area contributed by atoms with Gasteiger partial charge in [0.2, 0.25) is 0 Å². The summed E-state index contributed by atoms with van der Waals surface area (Å²) in [6.45, 7) is 1.99. The molecule has 0 aliphatic carbocycles. The highest BCUT2D eigenvalue weighted by molar-refractivity contribution is 7.99. The Morgan fingerprint density at radius 3 is 2.69 bits per heavy atom. The molecule has 2 aromatic heterocycles. The van der Waals surface area contributed by atoms with E-state index in [2.05, 4.69) is 4.98 Å². The third kappa shape index (κ3) is 4.39. The monoisotopic (exact) mass is 470 g/mol. The molecule has 0 amide bonds. The molecule has 0 saturated heterocycles. The Morgan fingerprint density at radius 1 is 1.22 bits per heavy atom. The van der Waals surface area contributed by atoms with E-state index in [0.29, 0.717) is 26.8 Å². The minimum atomic E-state index is -0.475. The van der Waals surface area contributed by atoms with Gasteiger partial charge in [0.15, 0.2) is 5.16 Å². The summed E-state index contributed by atoms with van der Waals surface area (Å²) >= 11 is 2.42. The second-order valence-electron chi connectivity index (χ2n) is 6.67. The molecule has 164 valence electrons. The first-order valence-electron chi connectivity index (χ1n) is 9.75. The number of methoxy groups -OCH3 is 1. The van der Waals surface area contributed by atoms with E-state index in [1.165, 1.54) is 34.1 Å². The highest BCUT2D eigenvalue weighted by Gasteiger charge is 2.20. The second-order valence-corrected chi connectivity index (χ2v) is 8.47. The molecule has 4 rings (SSSR count). The zero-order valence-electron chi connectivity index (χ0n) is 17.3. The molecule has 0 unspecified atom stereocenters. The largest absolute Gasteiger partial charge is 0.497 e. The Balaban J connectivity index is 1.89. The van der Waals surface area contributed by atoms with Crippen LogP contribution in [0.15, 0.2) is 63.9 Å². The van der Waals surface area contributed by atoms with Crippen molar-refractivity contribution in [2.45, 2.75) is 12.1 Å². The molecule has 0 aliphatic heterocycles.